The van der Waals surface area contributed by atoms with E-state index in [0.717, 1.165) is 44.0 Å². The number of hydrogen-bond acceptors (Lipinski definition) is 3. The van der Waals surface area contributed by atoms with Crippen molar-refractivity contribution in [3.63, 3.8) is 0 Å². The maximum atomic E-state index is 5.95. The van der Waals surface area contributed by atoms with Gasteiger partial charge in [0, 0.05) is 23.3 Å². The van der Waals surface area contributed by atoms with Crippen LogP contribution in [0.5, 0.6) is 0 Å². The highest BCUT2D eigenvalue weighted by Gasteiger charge is 2.13. The summed E-state index contributed by atoms with van der Waals surface area (Å²) in [6.45, 7) is 2.79. The minimum atomic E-state index is 0.715. The average molecular weight is 332 g/mol. The quantitative estimate of drug-likeness (QED) is 0.661. The van der Waals surface area contributed by atoms with Crippen molar-refractivity contribution in [2.75, 3.05) is 30.8 Å². The molecule has 0 amide bonds. The maximum absolute atomic E-state index is 5.95. The van der Waals surface area contributed by atoms with Crippen LogP contribution in [0, 0.1) is 9.49 Å². The van der Waals surface area contributed by atoms with Crippen LogP contribution in [0.2, 0.25) is 0 Å². The van der Waals surface area contributed by atoms with Crippen molar-refractivity contribution in [1.29, 1.82) is 0 Å². The largest absolute Gasteiger partial charge is 0.397 e. The Balaban J connectivity index is 1.88. The molecule has 1 heterocycles. The Hall–Kier alpha value is -0.490. The summed E-state index contributed by atoms with van der Waals surface area (Å²) in [6.07, 6.45) is 2.30. The van der Waals surface area contributed by atoms with Gasteiger partial charge in [0.15, 0.2) is 0 Å². The van der Waals surface area contributed by atoms with Gasteiger partial charge in [0.05, 0.1) is 11.4 Å². The molecule has 16 heavy (non-hydrogen) atoms. The number of halogens is 1. The van der Waals surface area contributed by atoms with Gasteiger partial charge in [-0.2, -0.15) is 0 Å². The molecule has 0 aromatic heterocycles. The second-order valence-electron chi connectivity index (χ2n) is 4.17. The van der Waals surface area contributed by atoms with Crippen LogP contribution in [0.3, 0.4) is 0 Å². The molecule has 0 unspecified atom stereocenters. The SMILES string of the molecule is Nc1cc(I)ccc1NCC1CCOCC1. The Bertz CT molecular complexity index is 351. The first kappa shape index (κ1) is 12.0. The van der Waals surface area contributed by atoms with Crippen LogP contribution in [-0.2, 0) is 4.74 Å². The first-order valence-corrected chi connectivity index (χ1v) is 6.70. The van der Waals surface area contributed by atoms with Gasteiger partial charge in [-0.3, -0.25) is 0 Å². The third-order valence-electron chi connectivity index (χ3n) is 2.94. The van der Waals surface area contributed by atoms with Crippen molar-refractivity contribution in [1.82, 2.24) is 0 Å². The van der Waals surface area contributed by atoms with Crippen molar-refractivity contribution in [3.05, 3.63) is 21.8 Å². The van der Waals surface area contributed by atoms with Gasteiger partial charge in [0.1, 0.15) is 0 Å². The molecule has 1 aromatic carbocycles. The molecule has 2 rings (SSSR count). The molecule has 0 radical (unpaired) electrons. The Kier molecular flexibility index (Phi) is 4.29. The highest BCUT2D eigenvalue weighted by Crippen LogP contribution is 2.22. The molecule has 0 bridgehead atoms. The van der Waals surface area contributed by atoms with Gasteiger partial charge < -0.3 is 15.8 Å². The fourth-order valence-electron chi connectivity index (χ4n) is 1.90. The molecule has 1 saturated heterocycles. The fraction of sp³-hybridized carbons (Fsp3) is 0.500. The van der Waals surface area contributed by atoms with E-state index in [1.165, 1.54) is 3.57 Å². The first-order valence-electron chi connectivity index (χ1n) is 5.62. The molecule has 3 nitrogen and oxygen atoms in total. The summed E-state index contributed by atoms with van der Waals surface area (Å²) in [4.78, 5) is 0. The summed E-state index contributed by atoms with van der Waals surface area (Å²) >= 11 is 2.27. The molecule has 3 N–H and O–H groups in total. The van der Waals surface area contributed by atoms with Crippen LogP contribution in [-0.4, -0.2) is 19.8 Å². The molecule has 1 aliphatic rings. The van der Waals surface area contributed by atoms with E-state index in [2.05, 4.69) is 40.0 Å². The molecule has 4 heteroatoms. The summed E-state index contributed by atoms with van der Waals surface area (Å²) in [5.74, 6) is 0.715. The highest BCUT2D eigenvalue weighted by molar-refractivity contribution is 14.1. The molecule has 0 spiro atoms. The lowest BCUT2D eigenvalue weighted by molar-refractivity contribution is 0.0699. The van der Waals surface area contributed by atoms with E-state index < -0.39 is 0 Å². The van der Waals surface area contributed by atoms with Crippen LogP contribution in [0.15, 0.2) is 18.2 Å². The van der Waals surface area contributed by atoms with Crippen LogP contribution in [0.25, 0.3) is 0 Å². The standard InChI is InChI=1S/C12H17IN2O/c13-10-1-2-12(11(14)7-10)15-8-9-3-5-16-6-4-9/h1-2,7,9,15H,3-6,8,14H2. The third-order valence-corrected chi connectivity index (χ3v) is 3.61. The number of nitrogens with one attached hydrogen (secondary N) is 1. The smallest absolute Gasteiger partial charge is 0.0574 e. The molecule has 1 aliphatic heterocycles. The van der Waals surface area contributed by atoms with Crippen LogP contribution < -0.4 is 11.1 Å². The molecule has 1 aromatic rings. The van der Waals surface area contributed by atoms with E-state index >= 15 is 0 Å². The summed E-state index contributed by atoms with van der Waals surface area (Å²) < 4.78 is 6.51. The van der Waals surface area contributed by atoms with Crippen molar-refractivity contribution in [2.45, 2.75) is 12.8 Å². The zero-order valence-electron chi connectivity index (χ0n) is 9.21. The van der Waals surface area contributed by atoms with E-state index in [4.69, 9.17) is 10.5 Å². The molecule has 1 fully saturated rings. The van der Waals surface area contributed by atoms with E-state index in [-0.39, 0.29) is 0 Å². The lowest BCUT2D eigenvalue weighted by Crippen LogP contribution is -2.22. The van der Waals surface area contributed by atoms with E-state index in [1.807, 2.05) is 6.07 Å². The van der Waals surface area contributed by atoms with Crippen LogP contribution in [0.4, 0.5) is 11.4 Å². The fourth-order valence-corrected chi connectivity index (χ4v) is 2.41. The van der Waals surface area contributed by atoms with Gasteiger partial charge in [0.2, 0.25) is 0 Å². The minimum absolute atomic E-state index is 0.715. The van der Waals surface area contributed by atoms with Crippen molar-refractivity contribution in [2.24, 2.45) is 5.92 Å². The number of benzene rings is 1. The van der Waals surface area contributed by atoms with Gasteiger partial charge in [-0.05, 0) is 59.5 Å². The second-order valence-corrected chi connectivity index (χ2v) is 5.41. The number of hydrogen-bond donors (Lipinski definition) is 2. The lowest BCUT2D eigenvalue weighted by atomic mass is 10.0. The topological polar surface area (TPSA) is 47.3 Å². The van der Waals surface area contributed by atoms with Crippen LogP contribution in [0.1, 0.15) is 12.8 Å². The van der Waals surface area contributed by atoms with Gasteiger partial charge >= 0.3 is 0 Å². The summed E-state index contributed by atoms with van der Waals surface area (Å²) in [5.41, 5.74) is 7.83. The molecular weight excluding hydrogens is 315 g/mol. The molecule has 0 saturated carbocycles. The molecule has 0 atom stereocenters. The number of rotatable bonds is 3. The zero-order valence-corrected chi connectivity index (χ0v) is 11.4. The molecular formula is C12H17IN2O. The predicted molar refractivity (Wildman–Crippen MR) is 75.6 cm³/mol. The monoisotopic (exact) mass is 332 g/mol. The van der Waals surface area contributed by atoms with Crippen molar-refractivity contribution >= 4 is 34.0 Å². The van der Waals surface area contributed by atoms with Crippen LogP contribution >= 0.6 is 22.6 Å². The Morgan fingerprint density at radius 2 is 2.12 bits per heavy atom. The van der Waals surface area contributed by atoms with Crippen molar-refractivity contribution < 1.29 is 4.74 Å². The summed E-state index contributed by atoms with van der Waals surface area (Å²) in [7, 11) is 0. The molecule has 88 valence electrons. The van der Waals surface area contributed by atoms with E-state index in [0.29, 0.717) is 5.92 Å². The Labute approximate surface area is 110 Å². The van der Waals surface area contributed by atoms with Crippen molar-refractivity contribution in [3.8, 4) is 0 Å². The number of nitrogen functional groups attached to an aromatic ring is 1. The summed E-state index contributed by atoms with van der Waals surface area (Å²) in [5, 5.41) is 3.43. The maximum Gasteiger partial charge on any atom is 0.0574 e. The summed E-state index contributed by atoms with van der Waals surface area (Å²) in [6, 6.07) is 6.12. The van der Waals surface area contributed by atoms with Gasteiger partial charge in [-0.15, -0.1) is 0 Å². The minimum Gasteiger partial charge on any atom is -0.397 e. The average Bonchev–Trinajstić information content (AvgIpc) is 2.29. The number of ether oxygens (including phenoxy) is 1. The lowest BCUT2D eigenvalue weighted by Gasteiger charge is -2.23. The normalized spacial score (nSPS) is 17.3. The number of nitrogens with two attached hydrogens (primary N) is 1. The second kappa shape index (κ2) is 5.72. The van der Waals surface area contributed by atoms with Gasteiger partial charge in [-0.1, -0.05) is 0 Å². The van der Waals surface area contributed by atoms with E-state index in [1.54, 1.807) is 0 Å². The Morgan fingerprint density at radius 3 is 2.81 bits per heavy atom. The zero-order chi connectivity index (χ0) is 11.4. The third kappa shape index (κ3) is 3.25. The Morgan fingerprint density at radius 1 is 1.38 bits per heavy atom. The predicted octanol–water partition coefficient (Wildman–Crippen LogP) is 2.71. The van der Waals surface area contributed by atoms with Gasteiger partial charge in [0.25, 0.3) is 0 Å². The molecule has 0 aliphatic carbocycles. The highest BCUT2D eigenvalue weighted by atomic mass is 127. The number of anilines is 2. The van der Waals surface area contributed by atoms with E-state index in [9.17, 15) is 0 Å². The van der Waals surface area contributed by atoms with Gasteiger partial charge in [-0.25, -0.2) is 0 Å². The first-order chi connectivity index (χ1) is 7.75.